The van der Waals surface area contributed by atoms with Gasteiger partial charge in [-0.2, -0.15) is 5.26 Å². The lowest BCUT2D eigenvalue weighted by molar-refractivity contribution is -0.355. The van der Waals surface area contributed by atoms with Crippen LogP contribution >= 0.6 is 46.2 Å². The molecule has 3 aromatic heterocycles. The zero-order chi connectivity index (χ0) is 42.6. The van der Waals surface area contributed by atoms with Crippen LogP contribution in [-0.2, 0) is 41.4 Å². The van der Waals surface area contributed by atoms with E-state index in [0.29, 0.717) is 41.8 Å². The number of thiophene rings is 2. The van der Waals surface area contributed by atoms with Gasteiger partial charge < -0.3 is 39.6 Å². The Kier molecular flexibility index (Phi) is 26.8. The van der Waals surface area contributed by atoms with Crippen LogP contribution in [0.1, 0.15) is 75.1 Å². The molecule has 57 heavy (non-hydrogen) atoms. The van der Waals surface area contributed by atoms with Gasteiger partial charge in [0.1, 0.15) is 32.9 Å². The number of nitrogens with two attached hydrogens (primary N) is 1. The first kappa shape index (κ1) is 51.5. The SMILES string of the molecule is CCCC(OC)(OC)OC.CCCc1nc2sccc2c(=O)n1Cc1ccccc1.CCOC(=O)CC#N.CCOC(=O)c1ccsc1N.OC1CSC(O)CS1. The van der Waals surface area contributed by atoms with E-state index in [9.17, 15) is 14.4 Å². The molecule has 1 aromatic carbocycles. The molecule has 0 bridgehead atoms. The number of rotatable bonds is 13. The van der Waals surface area contributed by atoms with E-state index in [-0.39, 0.29) is 28.8 Å². The maximum absolute atomic E-state index is 12.6. The highest BCUT2D eigenvalue weighted by Gasteiger charge is 2.27. The second-order valence-electron chi connectivity index (χ2n) is 11.5. The Labute approximate surface area is 351 Å². The summed E-state index contributed by atoms with van der Waals surface area (Å²) in [5.41, 5.74) is 6.64. The number of ether oxygens (including phenoxy) is 5. The molecule has 1 aliphatic rings. The first-order chi connectivity index (χ1) is 27.4. The Morgan fingerprint density at radius 2 is 1.51 bits per heavy atom. The van der Waals surface area contributed by atoms with E-state index in [1.165, 1.54) is 46.2 Å². The number of nitrogens with zero attached hydrogens (tertiary/aromatic N) is 3. The number of anilines is 1. The van der Waals surface area contributed by atoms with Crippen molar-refractivity contribution < 1.29 is 43.5 Å². The number of thioether (sulfide) groups is 2. The van der Waals surface area contributed by atoms with E-state index in [0.717, 1.165) is 47.3 Å². The molecule has 316 valence electrons. The van der Waals surface area contributed by atoms with Gasteiger partial charge in [0.2, 0.25) is 0 Å². The molecule has 0 spiro atoms. The molecule has 0 saturated carbocycles. The highest BCUT2D eigenvalue weighted by atomic mass is 32.2. The number of hydrogen-bond donors (Lipinski definition) is 3. The number of benzene rings is 1. The van der Waals surface area contributed by atoms with E-state index in [1.807, 2.05) is 53.3 Å². The molecule has 2 unspecified atom stereocenters. The minimum atomic E-state index is -0.825. The highest BCUT2D eigenvalue weighted by Crippen LogP contribution is 2.26. The standard InChI is InChI=1S/C16H16N2OS.C7H9NO2S.C7H16O3.C5H7NO2.C4H8O2S2/c1-2-6-14-17-15-13(9-10-20-15)16(19)18(14)11-12-7-4-3-5-8-12;1-2-10-7(9)5-3-4-11-6(5)8;1-5-6-7(8-2,9-3)10-4;1-2-8-5(7)3-4-6;5-3-1-7-4(6)2-8-3/h3-5,7-10H,2,6,11H2,1H3;3-4H,2,8H2,1H3;5-6H2,1-4H3;2-3H2,1H3;3-6H,1-2H2. The number of carbonyl (C=O) groups is 2. The van der Waals surface area contributed by atoms with Gasteiger partial charge in [-0.3, -0.25) is 14.2 Å². The summed E-state index contributed by atoms with van der Waals surface area (Å²) in [4.78, 5) is 39.4. The van der Waals surface area contributed by atoms with Crippen molar-refractivity contribution in [1.29, 1.82) is 5.26 Å². The largest absolute Gasteiger partial charge is 0.465 e. The number of aliphatic hydroxyl groups is 2. The topological polar surface area (TPSA) is 205 Å². The van der Waals surface area contributed by atoms with E-state index < -0.39 is 11.9 Å². The Morgan fingerprint density at radius 3 is 1.96 bits per heavy atom. The zero-order valence-electron chi connectivity index (χ0n) is 33.6. The van der Waals surface area contributed by atoms with Crippen molar-refractivity contribution >= 4 is 73.4 Å². The number of fused-ring (bicyclic) bond motifs is 1. The molecule has 4 aromatic rings. The van der Waals surface area contributed by atoms with Gasteiger partial charge in [0.25, 0.3) is 11.5 Å². The second kappa shape index (κ2) is 29.7. The van der Waals surface area contributed by atoms with Crippen LogP contribution in [0.15, 0.2) is 58.0 Å². The second-order valence-corrected chi connectivity index (χ2v) is 15.7. The third kappa shape index (κ3) is 19.2. The molecule has 4 heterocycles. The molecule has 0 aliphatic carbocycles. The third-order valence-corrected chi connectivity index (χ3v) is 11.5. The predicted octanol–water partition coefficient (Wildman–Crippen LogP) is 6.91. The monoisotopic (exact) mass is 868 g/mol. The van der Waals surface area contributed by atoms with Gasteiger partial charge in [0.05, 0.1) is 36.8 Å². The maximum atomic E-state index is 12.6. The van der Waals surface area contributed by atoms with Gasteiger partial charge in [-0.15, -0.1) is 46.2 Å². The van der Waals surface area contributed by atoms with Crippen molar-refractivity contribution in [3.05, 3.63) is 80.5 Å². The summed E-state index contributed by atoms with van der Waals surface area (Å²) in [5.74, 6) is 0.587. The lowest BCUT2D eigenvalue weighted by atomic mass is 10.2. The van der Waals surface area contributed by atoms with Crippen LogP contribution in [0.4, 0.5) is 5.00 Å². The van der Waals surface area contributed by atoms with E-state index in [4.69, 9.17) is 40.2 Å². The van der Waals surface area contributed by atoms with Gasteiger partial charge >= 0.3 is 11.9 Å². The summed E-state index contributed by atoms with van der Waals surface area (Å²) in [6.45, 7) is 8.95. The molecular weight excluding hydrogens is 813 g/mol. The van der Waals surface area contributed by atoms with Crippen LogP contribution in [0.25, 0.3) is 10.2 Å². The van der Waals surface area contributed by atoms with Gasteiger partial charge in [-0.25, -0.2) is 9.78 Å². The van der Waals surface area contributed by atoms with Crippen molar-refractivity contribution in [3.8, 4) is 6.07 Å². The fourth-order valence-corrected chi connectivity index (χ4v) is 8.07. The smallest absolute Gasteiger partial charge is 0.341 e. The van der Waals surface area contributed by atoms with E-state index >= 15 is 0 Å². The average Bonchev–Trinajstić information content (AvgIpc) is 3.88. The molecule has 1 fully saturated rings. The Bertz CT molecular complexity index is 1780. The first-order valence-electron chi connectivity index (χ1n) is 18.2. The fraction of sp³-hybridized carbons (Fsp3) is 0.513. The molecule has 1 saturated heterocycles. The van der Waals surface area contributed by atoms with Gasteiger partial charge in [-0.05, 0) is 55.1 Å². The quantitative estimate of drug-likeness (QED) is 0.0922. The molecular formula is C39H56N4O10S4. The fourth-order valence-electron chi connectivity index (χ4n) is 4.65. The minimum absolute atomic E-state index is 0.0727. The Morgan fingerprint density at radius 1 is 0.912 bits per heavy atom. The van der Waals surface area contributed by atoms with Crippen molar-refractivity contribution in [3.63, 3.8) is 0 Å². The normalized spacial score (nSPS) is 14.5. The molecule has 14 nitrogen and oxygen atoms in total. The lowest BCUT2D eigenvalue weighted by Crippen LogP contribution is -2.35. The number of esters is 2. The summed E-state index contributed by atoms with van der Waals surface area (Å²) in [7, 11) is 4.72. The van der Waals surface area contributed by atoms with Gasteiger partial charge in [-0.1, -0.05) is 44.2 Å². The van der Waals surface area contributed by atoms with Gasteiger partial charge in [0.15, 0.2) is 0 Å². The van der Waals surface area contributed by atoms with Crippen LogP contribution in [0, 0.1) is 11.3 Å². The van der Waals surface area contributed by atoms with Crippen LogP contribution in [0.2, 0.25) is 0 Å². The number of aromatic nitrogens is 2. The number of methoxy groups -OCH3 is 3. The number of nitriles is 1. The maximum Gasteiger partial charge on any atom is 0.341 e. The van der Waals surface area contributed by atoms with Crippen molar-refractivity contribution in [1.82, 2.24) is 9.55 Å². The third-order valence-electron chi connectivity index (χ3n) is 7.39. The molecule has 5 rings (SSSR count). The summed E-state index contributed by atoms with van der Waals surface area (Å²) in [5, 5.41) is 30.6. The number of carbonyl (C=O) groups excluding carboxylic acids is 2. The summed E-state index contributed by atoms with van der Waals surface area (Å²) in [6.07, 6.45) is 3.38. The van der Waals surface area contributed by atoms with E-state index in [2.05, 4.69) is 16.6 Å². The molecule has 0 radical (unpaired) electrons. The minimum Gasteiger partial charge on any atom is -0.465 e. The predicted molar refractivity (Wildman–Crippen MR) is 231 cm³/mol. The molecule has 2 atom stereocenters. The molecule has 18 heteroatoms. The summed E-state index contributed by atoms with van der Waals surface area (Å²) >= 11 is 5.69. The Hall–Kier alpha value is -3.51. The molecule has 0 amide bonds. The number of hydrogen-bond acceptors (Lipinski definition) is 17. The van der Waals surface area contributed by atoms with Crippen LogP contribution < -0.4 is 11.3 Å². The van der Waals surface area contributed by atoms with Crippen molar-refractivity contribution in [2.45, 2.75) is 83.2 Å². The van der Waals surface area contributed by atoms with Crippen LogP contribution in [0.5, 0.6) is 0 Å². The average molecular weight is 869 g/mol. The van der Waals surface area contributed by atoms with Crippen molar-refractivity contribution in [2.24, 2.45) is 0 Å². The van der Waals surface area contributed by atoms with Crippen LogP contribution in [-0.4, -0.2) is 94.6 Å². The summed E-state index contributed by atoms with van der Waals surface area (Å²) in [6, 6.07) is 15.3. The summed E-state index contributed by atoms with van der Waals surface area (Å²) < 4.78 is 26.1. The molecule has 4 N–H and O–H groups in total. The molecule has 1 aliphatic heterocycles. The zero-order valence-corrected chi connectivity index (χ0v) is 36.9. The Balaban J connectivity index is 0.000000379. The number of nitrogen functional groups attached to an aromatic ring is 1. The first-order valence-corrected chi connectivity index (χ1v) is 22.0. The highest BCUT2D eigenvalue weighted by molar-refractivity contribution is 8.06. The van der Waals surface area contributed by atoms with Crippen molar-refractivity contribution in [2.75, 3.05) is 51.8 Å². The van der Waals surface area contributed by atoms with Crippen LogP contribution in [0.3, 0.4) is 0 Å². The lowest BCUT2D eigenvalue weighted by Gasteiger charge is -2.27. The number of aliphatic hydroxyl groups excluding tert-OH is 2. The van der Waals surface area contributed by atoms with Gasteiger partial charge in [0, 0.05) is 45.7 Å². The number of aryl methyl sites for hydroxylation is 1. The van der Waals surface area contributed by atoms with E-state index in [1.54, 1.807) is 52.7 Å².